The van der Waals surface area contributed by atoms with Crippen LogP contribution in [-0.2, 0) is 9.59 Å². The highest BCUT2D eigenvalue weighted by molar-refractivity contribution is 8.18. The van der Waals surface area contributed by atoms with E-state index in [1.165, 1.54) is 0 Å². The number of hydrogen-bond donors (Lipinski definition) is 0. The van der Waals surface area contributed by atoms with Gasteiger partial charge in [-0.2, -0.15) is 0 Å². The van der Waals surface area contributed by atoms with Crippen molar-refractivity contribution in [2.45, 2.75) is 6.42 Å². The molecule has 0 atom stereocenters. The van der Waals surface area contributed by atoms with Gasteiger partial charge in [-0.3, -0.25) is 9.59 Å². The maximum absolute atomic E-state index is 11.8. The molecule has 0 aromatic carbocycles. The average Bonchev–Trinajstić information content (AvgIpc) is 3.00. The Morgan fingerprint density at radius 1 is 0.962 bits per heavy atom. The van der Waals surface area contributed by atoms with Crippen molar-refractivity contribution in [2.24, 2.45) is 0 Å². The van der Waals surface area contributed by atoms with E-state index in [2.05, 4.69) is 24.8 Å². The first kappa shape index (κ1) is 16.7. The molecule has 26 heavy (non-hydrogen) atoms. The normalized spacial score (nSPS) is 19.5. The first-order chi connectivity index (χ1) is 12.7. The molecule has 0 saturated carbocycles. The van der Waals surface area contributed by atoms with Crippen molar-refractivity contribution in [2.75, 3.05) is 36.0 Å². The zero-order chi connectivity index (χ0) is 17.9. The van der Waals surface area contributed by atoms with Crippen LogP contribution in [0.15, 0.2) is 41.6 Å². The third-order valence-electron chi connectivity index (χ3n) is 4.28. The summed E-state index contributed by atoms with van der Waals surface area (Å²) in [7, 11) is 0. The fourth-order valence-corrected chi connectivity index (χ4v) is 3.76. The van der Waals surface area contributed by atoms with Crippen molar-refractivity contribution >= 4 is 40.5 Å². The van der Waals surface area contributed by atoms with Crippen LogP contribution >= 0.6 is 11.8 Å². The molecule has 0 spiro atoms. The van der Waals surface area contributed by atoms with Crippen LogP contribution in [0.3, 0.4) is 0 Å². The molecule has 8 heteroatoms. The number of Topliss-reactive ketones (excluding diaryl/α,β-unsaturated/α-hetero) is 1. The number of allylic oxidation sites excluding steroid dienone is 1. The molecule has 7 nitrogen and oxygen atoms in total. The molecule has 2 aromatic heterocycles. The van der Waals surface area contributed by atoms with E-state index in [0.717, 1.165) is 43.8 Å². The van der Waals surface area contributed by atoms with E-state index in [9.17, 15) is 9.59 Å². The fraction of sp³-hybridized carbons (Fsp3) is 0.278. The number of carbonyl (C=O) groups is 2. The van der Waals surface area contributed by atoms with Gasteiger partial charge in [0.15, 0.2) is 5.78 Å². The summed E-state index contributed by atoms with van der Waals surface area (Å²) in [6, 6.07) is 7.66. The number of carbonyl (C=O) groups excluding carboxylic acids is 2. The third kappa shape index (κ3) is 3.60. The highest BCUT2D eigenvalue weighted by Gasteiger charge is 2.26. The van der Waals surface area contributed by atoms with Gasteiger partial charge in [-0.1, -0.05) is 6.07 Å². The Hall–Kier alpha value is -2.74. The molecule has 0 unspecified atom stereocenters. The van der Waals surface area contributed by atoms with Crippen molar-refractivity contribution in [3.8, 4) is 0 Å². The average molecular weight is 367 g/mol. The summed E-state index contributed by atoms with van der Waals surface area (Å²) in [5.74, 6) is 1.49. The second-order valence-electron chi connectivity index (χ2n) is 6.03. The van der Waals surface area contributed by atoms with Crippen molar-refractivity contribution in [3.05, 3.63) is 47.3 Å². The quantitative estimate of drug-likeness (QED) is 0.600. The minimum Gasteiger partial charge on any atom is -0.353 e. The van der Waals surface area contributed by atoms with Gasteiger partial charge in [-0.05, 0) is 36.0 Å². The molecule has 0 N–H and O–H groups in total. The van der Waals surface area contributed by atoms with Crippen molar-refractivity contribution in [1.29, 1.82) is 0 Å². The van der Waals surface area contributed by atoms with Crippen LogP contribution in [0, 0.1) is 0 Å². The molecule has 0 amide bonds. The lowest BCUT2D eigenvalue weighted by Crippen LogP contribution is -2.47. The molecule has 132 valence electrons. The minimum absolute atomic E-state index is 0.0239. The third-order valence-corrected chi connectivity index (χ3v) is 5.22. The monoisotopic (exact) mass is 367 g/mol. The van der Waals surface area contributed by atoms with Gasteiger partial charge >= 0.3 is 0 Å². The number of anilines is 2. The van der Waals surface area contributed by atoms with Crippen LogP contribution in [-0.4, -0.2) is 52.0 Å². The van der Waals surface area contributed by atoms with E-state index in [1.54, 1.807) is 24.5 Å². The van der Waals surface area contributed by atoms with Gasteiger partial charge in [0.25, 0.3) is 0 Å². The van der Waals surface area contributed by atoms with Crippen molar-refractivity contribution < 1.29 is 9.59 Å². The molecule has 2 saturated heterocycles. The van der Waals surface area contributed by atoms with Gasteiger partial charge in [0, 0.05) is 38.6 Å². The van der Waals surface area contributed by atoms with Gasteiger partial charge in [0.2, 0.25) is 11.1 Å². The van der Waals surface area contributed by atoms with Crippen molar-refractivity contribution in [1.82, 2.24) is 15.0 Å². The summed E-state index contributed by atoms with van der Waals surface area (Å²) in [5, 5.41) is -0.110. The number of nitrogens with zero attached hydrogens (tertiary/aromatic N) is 5. The van der Waals surface area contributed by atoms with Crippen LogP contribution in [0.4, 0.5) is 11.8 Å². The second kappa shape index (κ2) is 7.25. The predicted molar refractivity (Wildman–Crippen MR) is 101 cm³/mol. The lowest BCUT2D eigenvalue weighted by Gasteiger charge is -2.35. The Bertz CT molecular complexity index is 863. The van der Waals surface area contributed by atoms with Crippen LogP contribution < -0.4 is 9.80 Å². The topological polar surface area (TPSA) is 79.3 Å². The smallest absolute Gasteiger partial charge is 0.225 e. The Morgan fingerprint density at radius 2 is 1.77 bits per heavy atom. The predicted octanol–water partition coefficient (Wildman–Crippen LogP) is 1.77. The Balaban J connectivity index is 1.45. The number of rotatable bonds is 3. The van der Waals surface area contributed by atoms with E-state index in [-0.39, 0.29) is 17.3 Å². The van der Waals surface area contributed by atoms with Gasteiger partial charge in [-0.15, -0.1) is 0 Å². The first-order valence-corrected chi connectivity index (χ1v) is 9.20. The van der Waals surface area contributed by atoms with Crippen molar-refractivity contribution in [3.63, 3.8) is 0 Å². The minimum atomic E-state index is -0.135. The Morgan fingerprint density at radius 3 is 2.46 bits per heavy atom. The maximum atomic E-state index is 11.8. The SMILES string of the molecule is O=C1CC(=O)/C(=C/c2ccnc(N3CCN(c4ccccn4)CC3)n2)S1. The molecule has 2 aliphatic rings. The van der Waals surface area contributed by atoms with E-state index in [1.807, 2.05) is 18.2 Å². The summed E-state index contributed by atoms with van der Waals surface area (Å²) in [5.41, 5.74) is 0.646. The molecule has 0 bridgehead atoms. The molecule has 0 radical (unpaired) electrons. The Kier molecular flexibility index (Phi) is 4.66. The van der Waals surface area contributed by atoms with E-state index >= 15 is 0 Å². The standard InChI is InChI=1S/C18H17N5O2S/c24-14-12-17(25)26-15(14)11-13-4-6-20-18(21-13)23-9-7-22(8-10-23)16-3-1-2-5-19-16/h1-6,11H,7-10,12H2/b15-11-. The summed E-state index contributed by atoms with van der Waals surface area (Å²) in [6.45, 7) is 3.27. The molecular weight excluding hydrogens is 350 g/mol. The molecule has 2 aliphatic heterocycles. The molecule has 2 aromatic rings. The maximum Gasteiger partial charge on any atom is 0.225 e. The van der Waals surface area contributed by atoms with E-state index in [4.69, 9.17) is 0 Å². The second-order valence-corrected chi connectivity index (χ2v) is 7.13. The largest absolute Gasteiger partial charge is 0.353 e. The summed E-state index contributed by atoms with van der Waals surface area (Å²) in [6.07, 6.45) is 5.14. The number of pyridine rings is 1. The molecule has 0 aliphatic carbocycles. The van der Waals surface area contributed by atoms with Crippen LogP contribution in [0.25, 0.3) is 6.08 Å². The summed E-state index contributed by atoms with van der Waals surface area (Å²) in [4.78, 5) is 41.3. The molecule has 2 fully saturated rings. The first-order valence-electron chi connectivity index (χ1n) is 8.38. The van der Waals surface area contributed by atoms with Gasteiger partial charge < -0.3 is 9.80 Å². The highest BCUT2D eigenvalue weighted by atomic mass is 32.2. The Labute approximate surface area is 155 Å². The van der Waals surface area contributed by atoms with Crippen LogP contribution in [0.1, 0.15) is 12.1 Å². The van der Waals surface area contributed by atoms with Crippen LogP contribution in [0.2, 0.25) is 0 Å². The lowest BCUT2D eigenvalue weighted by molar-refractivity contribution is -0.119. The highest BCUT2D eigenvalue weighted by Crippen LogP contribution is 2.30. The van der Waals surface area contributed by atoms with Gasteiger partial charge in [0.05, 0.1) is 17.0 Å². The zero-order valence-corrected chi connectivity index (χ0v) is 14.9. The molecule has 4 rings (SSSR count). The number of thioether (sulfide) groups is 1. The van der Waals surface area contributed by atoms with Gasteiger partial charge in [0.1, 0.15) is 5.82 Å². The number of aromatic nitrogens is 3. The number of hydrogen-bond acceptors (Lipinski definition) is 8. The molecule has 4 heterocycles. The summed E-state index contributed by atoms with van der Waals surface area (Å²) >= 11 is 0.993. The van der Waals surface area contributed by atoms with Crippen LogP contribution in [0.5, 0.6) is 0 Å². The zero-order valence-electron chi connectivity index (χ0n) is 14.0. The lowest BCUT2D eigenvalue weighted by atomic mass is 10.2. The number of piperazine rings is 1. The fourth-order valence-electron chi connectivity index (χ4n) is 2.95. The van der Waals surface area contributed by atoms with E-state index in [0.29, 0.717) is 16.5 Å². The van der Waals surface area contributed by atoms with Gasteiger partial charge in [-0.25, -0.2) is 15.0 Å². The molecular formula is C18H17N5O2S. The summed E-state index contributed by atoms with van der Waals surface area (Å²) < 4.78 is 0. The van der Waals surface area contributed by atoms with E-state index < -0.39 is 0 Å². The number of ketones is 1.